The highest BCUT2D eigenvalue weighted by molar-refractivity contribution is 5.97. The zero-order valence-electron chi connectivity index (χ0n) is 12.3. The molecule has 0 saturated carbocycles. The lowest BCUT2D eigenvalue weighted by Gasteiger charge is -2.41. The van der Waals surface area contributed by atoms with Gasteiger partial charge in [0.1, 0.15) is 5.54 Å². The number of hydrogen-bond acceptors (Lipinski definition) is 3. The minimum Gasteiger partial charge on any atom is -0.385 e. The first-order chi connectivity index (χ1) is 9.09. The Hall–Kier alpha value is -1.10. The van der Waals surface area contributed by atoms with E-state index in [-0.39, 0.29) is 18.4 Å². The maximum atomic E-state index is 12.5. The van der Waals surface area contributed by atoms with Gasteiger partial charge in [-0.15, -0.1) is 0 Å². The van der Waals surface area contributed by atoms with Crippen molar-refractivity contribution in [1.82, 2.24) is 10.2 Å². The summed E-state index contributed by atoms with van der Waals surface area (Å²) >= 11 is 0. The molecule has 0 aromatic carbocycles. The van der Waals surface area contributed by atoms with Crippen LogP contribution in [0.1, 0.15) is 46.0 Å². The Balaban J connectivity index is 2.53. The average molecular weight is 270 g/mol. The summed E-state index contributed by atoms with van der Waals surface area (Å²) in [5.41, 5.74) is -0.679. The second kappa shape index (κ2) is 7.48. The minimum absolute atomic E-state index is 0.0415. The molecule has 2 amide bonds. The molecule has 1 aliphatic heterocycles. The largest absolute Gasteiger partial charge is 0.385 e. The van der Waals surface area contributed by atoms with Gasteiger partial charge in [-0.25, -0.2) is 0 Å². The summed E-state index contributed by atoms with van der Waals surface area (Å²) in [6.45, 7) is 5.51. The van der Waals surface area contributed by atoms with Crippen molar-refractivity contribution in [3.05, 3.63) is 0 Å². The number of carbonyl (C=O) groups excluding carboxylic acids is 2. The monoisotopic (exact) mass is 270 g/mol. The van der Waals surface area contributed by atoms with Crippen LogP contribution in [-0.4, -0.2) is 49.1 Å². The number of amides is 2. The molecule has 5 nitrogen and oxygen atoms in total. The topological polar surface area (TPSA) is 58.6 Å². The number of nitrogens with zero attached hydrogens (tertiary/aromatic N) is 1. The van der Waals surface area contributed by atoms with Crippen molar-refractivity contribution < 1.29 is 14.3 Å². The van der Waals surface area contributed by atoms with E-state index in [0.717, 1.165) is 25.9 Å². The molecule has 0 atom stereocenters. The van der Waals surface area contributed by atoms with Crippen LogP contribution in [0.25, 0.3) is 0 Å². The van der Waals surface area contributed by atoms with Crippen LogP contribution in [0.15, 0.2) is 0 Å². The van der Waals surface area contributed by atoms with Crippen molar-refractivity contribution >= 4 is 11.8 Å². The van der Waals surface area contributed by atoms with Gasteiger partial charge in [0.05, 0.1) is 6.54 Å². The zero-order chi connectivity index (χ0) is 14.3. The number of hydrogen-bond donors (Lipinski definition) is 1. The Morgan fingerprint density at radius 1 is 1.21 bits per heavy atom. The lowest BCUT2D eigenvalue weighted by Crippen LogP contribution is -2.66. The van der Waals surface area contributed by atoms with Gasteiger partial charge in [-0.2, -0.15) is 0 Å². The number of carbonyl (C=O) groups is 2. The molecule has 1 N–H and O–H groups in total. The smallest absolute Gasteiger partial charge is 0.248 e. The molecule has 0 aliphatic carbocycles. The summed E-state index contributed by atoms with van der Waals surface area (Å²) < 4.78 is 5.00. The maximum absolute atomic E-state index is 12.5. The summed E-state index contributed by atoms with van der Waals surface area (Å²) in [5.74, 6) is 0.0315. The molecule has 5 heteroatoms. The van der Waals surface area contributed by atoms with Gasteiger partial charge < -0.3 is 15.0 Å². The Morgan fingerprint density at radius 2 is 1.89 bits per heavy atom. The van der Waals surface area contributed by atoms with Gasteiger partial charge in [-0.3, -0.25) is 9.59 Å². The predicted molar refractivity (Wildman–Crippen MR) is 73.8 cm³/mol. The first kappa shape index (κ1) is 16.0. The van der Waals surface area contributed by atoms with E-state index in [1.54, 1.807) is 12.0 Å². The van der Waals surface area contributed by atoms with Crippen molar-refractivity contribution in [2.75, 3.05) is 26.8 Å². The van der Waals surface area contributed by atoms with Crippen LogP contribution in [0.3, 0.4) is 0 Å². The summed E-state index contributed by atoms with van der Waals surface area (Å²) in [4.78, 5) is 25.9. The lowest BCUT2D eigenvalue weighted by atomic mass is 9.89. The molecule has 19 heavy (non-hydrogen) atoms. The highest BCUT2D eigenvalue weighted by atomic mass is 16.5. The van der Waals surface area contributed by atoms with Gasteiger partial charge in [0.25, 0.3) is 0 Å². The molecule has 1 fully saturated rings. The third-order valence-electron chi connectivity index (χ3n) is 3.89. The van der Waals surface area contributed by atoms with E-state index in [0.29, 0.717) is 19.4 Å². The van der Waals surface area contributed by atoms with E-state index in [1.165, 1.54) is 0 Å². The van der Waals surface area contributed by atoms with Crippen molar-refractivity contribution in [1.29, 1.82) is 0 Å². The molecule has 1 saturated heterocycles. The van der Waals surface area contributed by atoms with Gasteiger partial charge in [-0.1, -0.05) is 13.8 Å². The summed E-state index contributed by atoms with van der Waals surface area (Å²) in [5, 5.41) is 2.87. The second-order valence-electron chi connectivity index (χ2n) is 5.12. The van der Waals surface area contributed by atoms with E-state index in [2.05, 4.69) is 5.32 Å². The summed E-state index contributed by atoms with van der Waals surface area (Å²) in [7, 11) is 1.69. The van der Waals surface area contributed by atoms with Gasteiger partial charge in [0.2, 0.25) is 11.8 Å². The average Bonchev–Trinajstić information content (AvgIpc) is 2.42. The number of ether oxygens (including phenoxy) is 1. The molecule has 1 rings (SSSR count). The van der Waals surface area contributed by atoms with Gasteiger partial charge in [0, 0.05) is 20.3 Å². The highest BCUT2D eigenvalue weighted by Crippen LogP contribution is 2.22. The fourth-order valence-electron chi connectivity index (χ4n) is 2.54. The Kier molecular flexibility index (Phi) is 6.28. The van der Waals surface area contributed by atoms with E-state index in [1.807, 2.05) is 13.8 Å². The van der Waals surface area contributed by atoms with Crippen molar-refractivity contribution in [3.8, 4) is 0 Å². The Bertz CT molecular complexity index is 314. The first-order valence-corrected chi connectivity index (χ1v) is 7.19. The fraction of sp³-hybridized carbons (Fsp3) is 0.857. The Labute approximate surface area is 115 Å². The third kappa shape index (κ3) is 3.93. The molecular weight excluding hydrogens is 244 g/mol. The molecule has 0 spiro atoms. The molecule has 110 valence electrons. The fourth-order valence-corrected chi connectivity index (χ4v) is 2.54. The summed E-state index contributed by atoms with van der Waals surface area (Å²) in [6.07, 6.45) is 4.23. The predicted octanol–water partition coefficient (Wildman–Crippen LogP) is 1.32. The van der Waals surface area contributed by atoms with Gasteiger partial charge in [0.15, 0.2) is 0 Å². The number of rotatable bonds is 8. The number of nitrogens with one attached hydrogen (secondary N) is 1. The van der Waals surface area contributed by atoms with Crippen molar-refractivity contribution in [2.24, 2.45) is 0 Å². The molecule has 0 aromatic heterocycles. The van der Waals surface area contributed by atoms with Crippen LogP contribution in [0, 0.1) is 0 Å². The lowest BCUT2D eigenvalue weighted by molar-refractivity contribution is -0.150. The molecular formula is C14H26N2O3. The third-order valence-corrected chi connectivity index (χ3v) is 3.89. The van der Waals surface area contributed by atoms with Crippen molar-refractivity contribution in [2.45, 2.75) is 51.5 Å². The van der Waals surface area contributed by atoms with E-state index in [9.17, 15) is 9.59 Å². The van der Waals surface area contributed by atoms with Crippen LogP contribution in [0.2, 0.25) is 0 Å². The quantitative estimate of drug-likeness (QED) is 0.677. The van der Waals surface area contributed by atoms with Crippen molar-refractivity contribution in [3.63, 3.8) is 0 Å². The normalized spacial score (nSPS) is 18.6. The molecule has 0 unspecified atom stereocenters. The second-order valence-corrected chi connectivity index (χ2v) is 5.12. The minimum atomic E-state index is -0.679. The van der Waals surface area contributed by atoms with Crippen LogP contribution in [0.4, 0.5) is 0 Å². The molecule has 1 heterocycles. The number of unbranched alkanes of at least 4 members (excludes halogenated alkanes) is 2. The molecule has 0 aromatic rings. The van der Waals surface area contributed by atoms with Crippen LogP contribution >= 0.6 is 0 Å². The Morgan fingerprint density at radius 3 is 2.47 bits per heavy atom. The van der Waals surface area contributed by atoms with Crippen LogP contribution in [0.5, 0.6) is 0 Å². The van der Waals surface area contributed by atoms with E-state index in [4.69, 9.17) is 4.74 Å². The first-order valence-electron chi connectivity index (χ1n) is 7.19. The number of methoxy groups -OCH3 is 1. The highest BCUT2D eigenvalue weighted by Gasteiger charge is 2.43. The van der Waals surface area contributed by atoms with E-state index >= 15 is 0 Å². The van der Waals surface area contributed by atoms with E-state index < -0.39 is 5.54 Å². The number of piperazine rings is 1. The SMILES string of the molecule is CCC1(CC)NC(=O)CN(CCCCCOC)C1=O. The van der Waals surface area contributed by atoms with Gasteiger partial charge >= 0.3 is 0 Å². The zero-order valence-corrected chi connectivity index (χ0v) is 12.3. The summed E-state index contributed by atoms with van der Waals surface area (Å²) in [6, 6.07) is 0. The van der Waals surface area contributed by atoms with Crippen LogP contribution in [-0.2, 0) is 14.3 Å². The standard InChI is InChI=1S/C14H26N2O3/c1-4-14(5-2)13(18)16(11-12(17)15-14)9-7-6-8-10-19-3/h4-11H2,1-3H3,(H,15,17). The van der Waals surface area contributed by atoms with Crippen LogP contribution < -0.4 is 5.32 Å². The molecule has 0 radical (unpaired) electrons. The van der Waals surface area contributed by atoms with Gasteiger partial charge in [-0.05, 0) is 32.1 Å². The maximum Gasteiger partial charge on any atom is 0.248 e. The molecule has 1 aliphatic rings. The molecule has 0 bridgehead atoms.